The van der Waals surface area contributed by atoms with Crippen molar-refractivity contribution in [1.82, 2.24) is 9.55 Å². The molecule has 34 heavy (non-hydrogen) atoms. The molecular formula is C26H19ClN2O4S. The van der Waals surface area contributed by atoms with E-state index in [0.29, 0.717) is 44.9 Å². The van der Waals surface area contributed by atoms with E-state index in [2.05, 4.69) is 4.98 Å². The van der Waals surface area contributed by atoms with Gasteiger partial charge >= 0.3 is 5.97 Å². The Morgan fingerprint density at radius 2 is 1.56 bits per heavy atom. The number of halogens is 1. The number of para-hydroxylation sites is 2. The van der Waals surface area contributed by atoms with Gasteiger partial charge in [-0.3, -0.25) is 9.59 Å². The largest absolute Gasteiger partial charge is 0.486 e. The number of benzene rings is 3. The summed E-state index contributed by atoms with van der Waals surface area (Å²) < 4.78 is 13.0. The number of carbonyl (C=O) groups is 1. The van der Waals surface area contributed by atoms with E-state index in [1.54, 1.807) is 36.4 Å². The van der Waals surface area contributed by atoms with Crippen molar-refractivity contribution in [2.75, 3.05) is 0 Å². The molecule has 0 spiro atoms. The van der Waals surface area contributed by atoms with Gasteiger partial charge in [0.1, 0.15) is 30.5 Å². The zero-order valence-corrected chi connectivity index (χ0v) is 19.5. The van der Waals surface area contributed by atoms with E-state index in [1.807, 2.05) is 46.3 Å². The lowest BCUT2D eigenvalue weighted by Crippen LogP contribution is -2.18. The van der Waals surface area contributed by atoms with E-state index in [-0.39, 0.29) is 18.6 Å². The minimum atomic E-state index is -0.411. The highest BCUT2D eigenvalue weighted by Gasteiger charge is 2.14. The van der Waals surface area contributed by atoms with Crippen LogP contribution < -0.4 is 10.2 Å². The van der Waals surface area contributed by atoms with Crippen LogP contribution in [0.15, 0.2) is 83.0 Å². The highest BCUT2D eigenvalue weighted by molar-refractivity contribution is 7.09. The van der Waals surface area contributed by atoms with E-state index >= 15 is 0 Å². The molecule has 6 nitrogen and oxygen atoms in total. The van der Waals surface area contributed by atoms with Gasteiger partial charge in [-0.2, -0.15) is 0 Å². The maximum Gasteiger partial charge on any atom is 0.326 e. The highest BCUT2D eigenvalue weighted by Crippen LogP contribution is 2.20. The quantitative estimate of drug-likeness (QED) is 0.220. The van der Waals surface area contributed by atoms with Crippen LogP contribution in [0.25, 0.3) is 21.8 Å². The fourth-order valence-electron chi connectivity index (χ4n) is 3.73. The molecule has 170 valence electrons. The van der Waals surface area contributed by atoms with Gasteiger partial charge in [0.15, 0.2) is 5.43 Å². The first-order valence-electron chi connectivity index (χ1n) is 10.6. The van der Waals surface area contributed by atoms with Gasteiger partial charge in [0, 0.05) is 21.2 Å². The molecule has 0 amide bonds. The van der Waals surface area contributed by atoms with Crippen LogP contribution in [0.3, 0.4) is 0 Å². The van der Waals surface area contributed by atoms with Crippen molar-refractivity contribution in [1.29, 1.82) is 0 Å². The molecule has 0 saturated heterocycles. The maximum atomic E-state index is 12.8. The Bertz CT molecular complexity index is 1480. The number of esters is 1. The molecule has 5 rings (SSSR count). The average Bonchev–Trinajstić information content (AvgIpc) is 3.33. The number of pyridine rings is 1. The Kier molecular flexibility index (Phi) is 6.29. The molecule has 3 aromatic carbocycles. The number of thiazole rings is 1. The van der Waals surface area contributed by atoms with Gasteiger partial charge in [0.05, 0.1) is 16.7 Å². The van der Waals surface area contributed by atoms with Crippen molar-refractivity contribution < 1.29 is 14.3 Å². The zero-order valence-electron chi connectivity index (χ0n) is 17.9. The molecule has 0 aliphatic carbocycles. The SMILES string of the molecule is O=C(Cn1c2ccccc2c(=O)c2ccccc21)OCc1csc(COc2ccc(Cl)cc2)n1. The van der Waals surface area contributed by atoms with Crippen molar-refractivity contribution in [2.24, 2.45) is 0 Å². The summed E-state index contributed by atoms with van der Waals surface area (Å²) in [6.07, 6.45) is 0. The highest BCUT2D eigenvalue weighted by atomic mass is 35.5. The lowest BCUT2D eigenvalue weighted by atomic mass is 10.1. The third-order valence-electron chi connectivity index (χ3n) is 5.32. The second kappa shape index (κ2) is 9.67. The number of hydrogen-bond acceptors (Lipinski definition) is 6. The topological polar surface area (TPSA) is 70.4 Å². The second-order valence-electron chi connectivity index (χ2n) is 7.59. The summed E-state index contributed by atoms with van der Waals surface area (Å²) in [6.45, 7) is 0.361. The average molecular weight is 491 g/mol. The maximum absolute atomic E-state index is 12.8. The number of hydrogen-bond donors (Lipinski definition) is 0. The molecule has 0 N–H and O–H groups in total. The van der Waals surface area contributed by atoms with Crippen LogP contribution in [0.4, 0.5) is 0 Å². The summed E-state index contributed by atoms with van der Waals surface area (Å²) in [7, 11) is 0. The zero-order chi connectivity index (χ0) is 23.5. The molecule has 0 saturated carbocycles. The summed E-state index contributed by atoms with van der Waals surface area (Å²) in [5.41, 5.74) is 1.99. The predicted octanol–water partition coefficient (Wildman–Crippen LogP) is 5.59. The van der Waals surface area contributed by atoms with E-state index in [1.165, 1.54) is 11.3 Å². The smallest absolute Gasteiger partial charge is 0.326 e. The summed E-state index contributed by atoms with van der Waals surface area (Å²) in [5, 5.41) is 4.41. The molecule has 2 heterocycles. The van der Waals surface area contributed by atoms with E-state index < -0.39 is 5.97 Å². The minimum Gasteiger partial charge on any atom is -0.486 e. The second-order valence-corrected chi connectivity index (χ2v) is 8.96. The minimum absolute atomic E-state index is 0.0159. The Morgan fingerprint density at radius 1 is 0.912 bits per heavy atom. The number of aromatic nitrogens is 2. The van der Waals surface area contributed by atoms with E-state index in [9.17, 15) is 9.59 Å². The molecule has 2 aromatic heterocycles. The normalized spacial score (nSPS) is 11.1. The fraction of sp³-hybridized carbons (Fsp3) is 0.115. The van der Waals surface area contributed by atoms with Gasteiger partial charge in [-0.15, -0.1) is 11.3 Å². The molecule has 0 aliphatic heterocycles. The predicted molar refractivity (Wildman–Crippen MR) is 133 cm³/mol. The van der Waals surface area contributed by atoms with Crippen LogP contribution in [-0.4, -0.2) is 15.5 Å². The molecule has 0 bridgehead atoms. The van der Waals surface area contributed by atoms with Crippen molar-refractivity contribution in [2.45, 2.75) is 19.8 Å². The first-order chi connectivity index (χ1) is 16.6. The van der Waals surface area contributed by atoms with Gasteiger partial charge in [-0.1, -0.05) is 35.9 Å². The van der Waals surface area contributed by atoms with Crippen molar-refractivity contribution in [3.8, 4) is 5.75 Å². The van der Waals surface area contributed by atoms with Crippen LogP contribution in [0, 0.1) is 0 Å². The molecule has 0 fully saturated rings. The van der Waals surface area contributed by atoms with E-state index in [4.69, 9.17) is 21.1 Å². The Morgan fingerprint density at radius 3 is 2.24 bits per heavy atom. The molecule has 5 aromatic rings. The van der Waals surface area contributed by atoms with Crippen LogP contribution >= 0.6 is 22.9 Å². The van der Waals surface area contributed by atoms with Gasteiger partial charge in [0.25, 0.3) is 0 Å². The molecular weight excluding hydrogens is 472 g/mol. The summed E-state index contributed by atoms with van der Waals surface area (Å²) in [4.78, 5) is 30.0. The standard InChI is InChI=1S/C26H19ClN2O4S/c27-17-9-11-19(12-10-17)32-15-24-28-18(16-34-24)14-33-25(30)13-29-22-7-3-1-5-20(22)26(31)21-6-2-4-8-23(21)29/h1-12,16H,13-15H2. The van der Waals surface area contributed by atoms with Crippen LogP contribution in [-0.2, 0) is 29.3 Å². The molecule has 0 aliphatic rings. The molecule has 0 unspecified atom stereocenters. The number of carbonyl (C=O) groups excluding carboxylic acids is 1. The number of ether oxygens (including phenoxy) is 2. The fourth-order valence-corrected chi connectivity index (χ4v) is 4.55. The third kappa shape index (κ3) is 4.66. The summed E-state index contributed by atoms with van der Waals surface area (Å²) in [6, 6.07) is 21.7. The van der Waals surface area contributed by atoms with Crippen molar-refractivity contribution in [3.05, 3.63) is 104 Å². The van der Waals surface area contributed by atoms with Gasteiger partial charge < -0.3 is 14.0 Å². The van der Waals surface area contributed by atoms with Gasteiger partial charge in [-0.25, -0.2) is 4.98 Å². The van der Waals surface area contributed by atoms with Gasteiger partial charge in [0.2, 0.25) is 0 Å². The Balaban J connectivity index is 1.27. The van der Waals surface area contributed by atoms with Crippen LogP contribution in [0.5, 0.6) is 5.75 Å². The lowest BCUT2D eigenvalue weighted by molar-refractivity contribution is -0.145. The Labute approximate surface area is 204 Å². The van der Waals surface area contributed by atoms with Gasteiger partial charge in [-0.05, 0) is 48.5 Å². The van der Waals surface area contributed by atoms with E-state index in [0.717, 1.165) is 5.01 Å². The molecule has 8 heteroatoms. The molecule has 0 radical (unpaired) electrons. The lowest BCUT2D eigenvalue weighted by Gasteiger charge is -2.14. The molecule has 0 atom stereocenters. The number of fused-ring (bicyclic) bond motifs is 2. The first-order valence-corrected chi connectivity index (χ1v) is 11.8. The summed E-state index contributed by atoms with van der Waals surface area (Å²) in [5.74, 6) is 0.291. The van der Waals surface area contributed by atoms with Crippen molar-refractivity contribution >= 4 is 50.7 Å². The summed E-state index contributed by atoms with van der Waals surface area (Å²) >= 11 is 7.32. The van der Waals surface area contributed by atoms with Crippen molar-refractivity contribution in [3.63, 3.8) is 0 Å². The Hall–Kier alpha value is -3.68. The number of nitrogens with zero attached hydrogens (tertiary/aromatic N) is 2. The van der Waals surface area contributed by atoms with Crippen LogP contribution in [0.2, 0.25) is 5.02 Å². The first kappa shape index (κ1) is 22.1. The third-order valence-corrected chi connectivity index (χ3v) is 6.45. The monoisotopic (exact) mass is 490 g/mol. The van der Waals surface area contributed by atoms with Crippen LogP contribution in [0.1, 0.15) is 10.7 Å². The number of rotatable bonds is 7.